The number of halogens is 3. The van der Waals surface area contributed by atoms with Crippen molar-refractivity contribution >= 4 is 23.1 Å². The van der Waals surface area contributed by atoms with Crippen LogP contribution in [-0.2, 0) is 6.18 Å². The number of anilines is 3. The molecule has 0 spiro atoms. The third-order valence-electron chi connectivity index (χ3n) is 3.62. The number of carbonyl (C=O) groups excluding carboxylic acids is 1. The number of nitrogens with zero attached hydrogens (tertiary/aromatic N) is 3. The van der Waals surface area contributed by atoms with Crippen molar-refractivity contribution < 1.29 is 18.0 Å². The quantitative estimate of drug-likeness (QED) is 0.698. The zero-order chi connectivity index (χ0) is 20.1. The van der Waals surface area contributed by atoms with E-state index in [4.69, 9.17) is 5.26 Å². The first-order valence-electron chi connectivity index (χ1n) is 7.93. The summed E-state index contributed by atoms with van der Waals surface area (Å²) >= 11 is 0. The molecule has 6 nitrogen and oxygen atoms in total. The van der Waals surface area contributed by atoms with Crippen molar-refractivity contribution in [3.63, 3.8) is 0 Å². The van der Waals surface area contributed by atoms with E-state index < -0.39 is 17.6 Å². The molecule has 140 valence electrons. The second kappa shape index (κ2) is 7.75. The van der Waals surface area contributed by atoms with E-state index in [9.17, 15) is 18.0 Å². The molecule has 0 aliphatic carbocycles. The predicted molar refractivity (Wildman–Crippen MR) is 95.9 cm³/mol. The lowest BCUT2D eigenvalue weighted by molar-refractivity contribution is -0.137. The number of rotatable bonds is 4. The monoisotopic (exact) mass is 383 g/mol. The number of amides is 1. The maximum Gasteiger partial charge on any atom is 0.416 e. The molecule has 1 heterocycles. The number of aromatic nitrogens is 2. The fourth-order valence-electron chi connectivity index (χ4n) is 2.26. The number of alkyl halides is 3. The number of carbonyl (C=O) groups is 1. The van der Waals surface area contributed by atoms with Crippen LogP contribution in [0.3, 0.4) is 0 Å². The normalized spacial score (nSPS) is 10.8. The Balaban J connectivity index is 1.66. The lowest BCUT2D eigenvalue weighted by Gasteiger charge is -2.09. The molecule has 0 atom stereocenters. The van der Waals surface area contributed by atoms with Crippen molar-refractivity contribution in [3.05, 3.63) is 77.7 Å². The highest BCUT2D eigenvalue weighted by molar-refractivity contribution is 6.02. The van der Waals surface area contributed by atoms with Gasteiger partial charge in [0.05, 0.1) is 29.6 Å². The molecule has 0 aliphatic rings. The van der Waals surface area contributed by atoms with Gasteiger partial charge in [-0.25, -0.2) is 9.97 Å². The highest BCUT2D eigenvalue weighted by Gasteiger charge is 2.30. The van der Waals surface area contributed by atoms with E-state index in [-0.39, 0.29) is 11.4 Å². The predicted octanol–water partition coefficient (Wildman–Crippen LogP) is 4.36. The molecule has 0 bridgehead atoms. The molecular formula is C19H12F3N5O. The van der Waals surface area contributed by atoms with E-state index in [0.717, 1.165) is 24.3 Å². The van der Waals surface area contributed by atoms with Gasteiger partial charge in [0.2, 0.25) is 0 Å². The molecule has 3 rings (SSSR count). The Kier molecular flexibility index (Phi) is 5.22. The molecule has 2 N–H and O–H groups in total. The number of hydrogen-bond acceptors (Lipinski definition) is 5. The maximum atomic E-state index is 12.6. The third-order valence-corrected chi connectivity index (χ3v) is 3.62. The van der Waals surface area contributed by atoms with Crippen LogP contribution in [0.1, 0.15) is 21.6 Å². The van der Waals surface area contributed by atoms with Crippen molar-refractivity contribution in [2.45, 2.75) is 6.18 Å². The number of hydrogen-bond donors (Lipinski definition) is 2. The first-order chi connectivity index (χ1) is 13.3. The smallest absolute Gasteiger partial charge is 0.339 e. The topological polar surface area (TPSA) is 90.7 Å². The lowest BCUT2D eigenvalue weighted by atomic mass is 10.2. The van der Waals surface area contributed by atoms with Crippen molar-refractivity contribution in [1.29, 1.82) is 5.26 Å². The molecule has 0 saturated carbocycles. The molecule has 0 fully saturated rings. The molecule has 9 heteroatoms. The summed E-state index contributed by atoms with van der Waals surface area (Å²) in [6.45, 7) is 0. The minimum Gasteiger partial charge on any atom is -0.339 e. The fourth-order valence-corrected chi connectivity index (χ4v) is 2.26. The Morgan fingerprint density at radius 3 is 2.36 bits per heavy atom. The van der Waals surface area contributed by atoms with Gasteiger partial charge in [0.1, 0.15) is 11.5 Å². The molecule has 1 aromatic heterocycles. The summed E-state index contributed by atoms with van der Waals surface area (Å²) in [5.41, 5.74) is 0.508. The van der Waals surface area contributed by atoms with Gasteiger partial charge in [-0.1, -0.05) is 6.07 Å². The van der Waals surface area contributed by atoms with Crippen molar-refractivity contribution in [2.75, 3.05) is 10.6 Å². The Morgan fingerprint density at radius 2 is 1.75 bits per heavy atom. The van der Waals surface area contributed by atoms with E-state index in [0.29, 0.717) is 17.1 Å². The van der Waals surface area contributed by atoms with Crippen LogP contribution in [0, 0.1) is 11.3 Å². The van der Waals surface area contributed by atoms with Crippen LogP contribution in [0.25, 0.3) is 0 Å². The van der Waals surface area contributed by atoms with Gasteiger partial charge >= 0.3 is 6.18 Å². The molecule has 3 aromatic rings. The van der Waals surface area contributed by atoms with Crippen LogP contribution in [-0.4, -0.2) is 15.9 Å². The highest BCUT2D eigenvalue weighted by atomic mass is 19.4. The molecule has 0 unspecified atom stereocenters. The van der Waals surface area contributed by atoms with Crippen LogP contribution in [0.2, 0.25) is 0 Å². The van der Waals surface area contributed by atoms with Crippen molar-refractivity contribution in [2.24, 2.45) is 0 Å². The van der Waals surface area contributed by atoms with Crippen LogP contribution in [0.4, 0.5) is 30.4 Å². The van der Waals surface area contributed by atoms with Crippen LogP contribution < -0.4 is 10.6 Å². The van der Waals surface area contributed by atoms with Gasteiger partial charge in [-0.2, -0.15) is 18.4 Å². The van der Waals surface area contributed by atoms with E-state index in [2.05, 4.69) is 20.6 Å². The summed E-state index contributed by atoms with van der Waals surface area (Å²) in [7, 11) is 0. The summed E-state index contributed by atoms with van der Waals surface area (Å²) in [6.07, 6.45) is -1.87. The van der Waals surface area contributed by atoms with Gasteiger partial charge in [-0.3, -0.25) is 4.79 Å². The number of benzene rings is 2. The summed E-state index contributed by atoms with van der Waals surface area (Å²) in [4.78, 5) is 20.2. The second-order valence-electron chi connectivity index (χ2n) is 5.63. The van der Waals surface area contributed by atoms with Gasteiger partial charge < -0.3 is 10.6 Å². The Bertz CT molecular complexity index is 1030. The average molecular weight is 383 g/mol. The van der Waals surface area contributed by atoms with Crippen LogP contribution >= 0.6 is 0 Å². The summed E-state index contributed by atoms with van der Waals surface area (Å²) in [5, 5.41) is 14.3. The molecule has 0 saturated heterocycles. The standard InChI is InChI=1S/C19H12F3N5O/c20-19(21,22)13-4-6-14(7-5-13)27-18(28)16-10-25-17(11-24-16)26-15-3-1-2-12(8-15)9-23/h1-8,10-11H,(H,25,26)(H,27,28). The van der Waals surface area contributed by atoms with Crippen molar-refractivity contribution in [3.8, 4) is 6.07 Å². The van der Waals surface area contributed by atoms with Gasteiger partial charge in [-0.05, 0) is 42.5 Å². The summed E-state index contributed by atoms with van der Waals surface area (Å²) < 4.78 is 37.7. The zero-order valence-corrected chi connectivity index (χ0v) is 14.2. The van der Waals surface area contributed by atoms with Crippen LogP contribution in [0.15, 0.2) is 60.9 Å². The Hall–Kier alpha value is -3.93. The van der Waals surface area contributed by atoms with Gasteiger partial charge in [-0.15, -0.1) is 0 Å². The minimum absolute atomic E-state index is 0.00350. The molecule has 28 heavy (non-hydrogen) atoms. The van der Waals surface area contributed by atoms with E-state index >= 15 is 0 Å². The van der Waals surface area contributed by atoms with E-state index in [1.54, 1.807) is 24.3 Å². The molecule has 1 amide bonds. The fraction of sp³-hybridized carbons (Fsp3) is 0.0526. The zero-order valence-electron chi connectivity index (χ0n) is 14.2. The molecular weight excluding hydrogens is 371 g/mol. The summed E-state index contributed by atoms with van der Waals surface area (Å²) in [5.74, 6) is -0.244. The minimum atomic E-state index is -4.44. The van der Waals surface area contributed by atoms with Gasteiger partial charge in [0, 0.05) is 11.4 Å². The third kappa shape index (κ3) is 4.62. The van der Waals surface area contributed by atoms with E-state index in [1.165, 1.54) is 12.4 Å². The maximum absolute atomic E-state index is 12.6. The SMILES string of the molecule is N#Cc1cccc(Nc2cnc(C(=O)Nc3ccc(C(F)(F)F)cc3)cn2)c1. The lowest BCUT2D eigenvalue weighted by Crippen LogP contribution is -2.14. The molecule has 0 aliphatic heterocycles. The second-order valence-corrected chi connectivity index (χ2v) is 5.63. The average Bonchev–Trinajstić information content (AvgIpc) is 2.68. The van der Waals surface area contributed by atoms with Gasteiger partial charge in [0.15, 0.2) is 0 Å². The number of nitrogens with one attached hydrogen (secondary N) is 2. The Morgan fingerprint density at radius 1 is 1.00 bits per heavy atom. The Labute approximate surface area is 157 Å². The first-order valence-corrected chi connectivity index (χ1v) is 7.93. The number of nitriles is 1. The van der Waals surface area contributed by atoms with E-state index in [1.807, 2.05) is 6.07 Å². The van der Waals surface area contributed by atoms with Crippen molar-refractivity contribution in [1.82, 2.24) is 9.97 Å². The first kappa shape index (κ1) is 18.8. The molecule has 0 radical (unpaired) electrons. The van der Waals surface area contributed by atoms with Gasteiger partial charge in [0.25, 0.3) is 5.91 Å². The van der Waals surface area contributed by atoms with Crippen LogP contribution in [0.5, 0.6) is 0 Å². The molecule has 2 aromatic carbocycles. The highest BCUT2D eigenvalue weighted by Crippen LogP contribution is 2.29. The largest absolute Gasteiger partial charge is 0.416 e. The summed E-state index contributed by atoms with van der Waals surface area (Å²) in [6, 6.07) is 12.8.